The lowest BCUT2D eigenvalue weighted by Gasteiger charge is -2.28. The molecule has 0 radical (unpaired) electrons. The molecule has 10 rings (SSSR count). The Labute approximate surface area is 323 Å². The molecule has 0 bridgehead atoms. The molecule has 4 heteroatoms. The van der Waals surface area contributed by atoms with Crippen molar-refractivity contribution in [2.24, 2.45) is 0 Å². The summed E-state index contributed by atoms with van der Waals surface area (Å²) in [5, 5.41) is 3.62. The van der Waals surface area contributed by atoms with Gasteiger partial charge in [0, 0.05) is 33.2 Å². The van der Waals surface area contributed by atoms with E-state index in [0.29, 0.717) is 10.8 Å². The van der Waals surface area contributed by atoms with Gasteiger partial charge in [-0.05, 0) is 118 Å². The number of hydrogen-bond acceptors (Lipinski definition) is 1. The molecule has 0 spiro atoms. The van der Waals surface area contributed by atoms with Crippen molar-refractivity contribution in [3.8, 4) is 39.1 Å². The molecular formula is C52H34F2N2. The topological polar surface area (TPSA) is 8.17 Å². The van der Waals surface area contributed by atoms with Crippen molar-refractivity contribution in [3.05, 3.63) is 218 Å². The first-order chi connectivity index (χ1) is 27.6. The lowest BCUT2D eigenvalue weighted by Crippen LogP contribution is -2.10. The maximum absolute atomic E-state index is 14.4. The SMILES string of the molecule is Fc1ccc2c(c1)c1cc(F)ccc1n2-c1ccc(-c2ccc(N(c3ccc(-c4ccccc4)cc3)c3ccc(-c4ccccc4)cc3)c3ccccc23)cc1. The van der Waals surface area contributed by atoms with Crippen LogP contribution in [-0.4, -0.2) is 4.57 Å². The fourth-order valence-electron chi connectivity index (χ4n) is 8.06. The van der Waals surface area contributed by atoms with Crippen LogP contribution in [-0.2, 0) is 0 Å². The smallest absolute Gasteiger partial charge is 0.123 e. The summed E-state index contributed by atoms with van der Waals surface area (Å²) in [5.74, 6) is -0.697. The third-order valence-electron chi connectivity index (χ3n) is 10.7. The third-order valence-corrected chi connectivity index (χ3v) is 10.7. The summed E-state index contributed by atoms with van der Waals surface area (Å²) in [4.78, 5) is 2.34. The summed E-state index contributed by atoms with van der Waals surface area (Å²) in [6.07, 6.45) is 0. The number of benzene rings is 9. The van der Waals surface area contributed by atoms with Crippen LogP contribution >= 0.6 is 0 Å². The highest BCUT2D eigenvalue weighted by atomic mass is 19.1. The highest BCUT2D eigenvalue weighted by Gasteiger charge is 2.19. The second-order valence-electron chi connectivity index (χ2n) is 14.0. The molecule has 10 aromatic rings. The average molecular weight is 725 g/mol. The molecule has 0 saturated heterocycles. The van der Waals surface area contributed by atoms with E-state index in [1.807, 2.05) is 12.1 Å². The summed E-state index contributed by atoms with van der Waals surface area (Å²) in [6.45, 7) is 0. The maximum Gasteiger partial charge on any atom is 0.123 e. The van der Waals surface area contributed by atoms with Gasteiger partial charge < -0.3 is 9.47 Å². The summed E-state index contributed by atoms with van der Waals surface area (Å²) >= 11 is 0. The molecule has 0 aliphatic rings. The van der Waals surface area contributed by atoms with E-state index in [0.717, 1.165) is 66.8 Å². The Balaban J connectivity index is 1.08. The molecular weight excluding hydrogens is 691 g/mol. The zero-order valence-electron chi connectivity index (χ0n) is 30.3. The molecule has 0 saturated carbocycles. The van der Waals surface area contributed by atoms with E-state index in [1.165, 1.54) is 35.4 Å². The summed E-state index contributed by atoms with van der Waals surface area (Å²) in [7, 11) is 0. The lowest BCUT2D eigenvalue weighted by molar-refractivity contribution is 0.628. The van der Waals surface area contributed by atoms with E-state index in [-0.39, 0.29) is 11.6 Å². The van der Waals surface area contributed by atoms with Crippen LogP contribution in [0.25, 0.3) is 71.6 Å². The Bertz CT molecular complexity index is 2860. The molecule has 0 aliphatic carbocycles. The molecule has 0 N–H and O–H groups in total. The van der Waals surface area contributed by atoms with Crippen LogP contribution in [0, 0.1) is 11.6 Å². The molecule has 1 heterocycles. The normalized spacial score (nSPS) is 11.4. The third kappa shape index (κ3) is 5.89. The van der Waals surface area contributed by atoms with E-state index in [9.17, 15) is 8.78 Å². The van der Waals surface area contributed by atoms with Gasteiger partial charge in [-0.3, -0.25) is 0 Å². The van der Waals surface area contributed by atoms with Crippen LogP contribution in [0.2, 0.25) is 0 Å². The van der Waals surface area contributed by atoms with Gasteiger partial charge in [-0.25, -0.2) is 8.78 Å². The van der Waals surface area contributed by atoms with Crippen LogP contribution < -0.4 is 4.90 Å². The number of hydrogen-bond donors (Lipinski definition) is 0. The Morgan fingerprint density at radius 2 is 0.786 bits per heavy atom. The van der Waals surface area contributed by atoms with Crippen molar-refractivity contribution in [1.29, 1.82) is 0 Å². The van der Waals surface area contributed by atoms with Gasteiger partial charge in [0.1, 0.15) is 11.6 Å². The number of anilines is 3. The Morgan fingerprint density at radius 3 is 1.30 bits per heavy atom. The van der Waals surface area contributed by atoms with Gasteiger partial charge in [-0.1, -0.05) is 127 Å². The number of aromatic nitrogens is 1. The quantitative estimate of drug-likeness (QED) is 0.159. The Kier molecular flexibility index (Phi) is 8.23. The molecule has 266 valence electrons. The van der Waals surface area contributed by atoms with Gasteiger partial charge in [0.15, 0.2) is 0 Å². The monoisotopic (exact) mass is 724 g/mol. The van der Waals surface area contributed by atoms with Crippen molar-refractivity contribution in [1.82, 2.24) is 4.57 Å². The molecule has 0 atom stereocenters. The van der Waals surface area contributed by atoms with Crippen LogP contribution in [0.4, 0.5) is 25.8 Å². The summed E-state index contributed by atoms with van der Waals surface area (Å²) in [5.41, 5.74) is 12.6. The first kappa shape index (κ1) is 33.3. The van der Waals surface area contributed by atoms with Crippen molar-refractivity contribution >= 4 is 49.6 Å². The fraction of sp³-hybridized carbons (Fsp3) is 0. The van der Waals surface area contributed by atoms with Crippen molar-refractivity contribution in [2.75, 3.05) is 4.90 Å². The van der Waals surface area contributed by atoms with Crippen LogP contribution in [0.3, 0.4) is 0 Å². The van der Waals surface area contributed by atoms with E-state index in [1.54, 1.807) is 12.1 Å². The second-order valence-corrected chi connectivity index (χ2v) is 14.0. The largest absolute Gasteiger partial charge is 0.310 e. The molecule has 0 aliphatic heterocycles. The van der Waals surface area contributed by atoms with Crippen molar-refractivity contribution < 1.29 is 8.78 Å². The number of fused-ring (bicyclic) bond motifs is 4. The highest BCUT2D eigenvalue weighted by molar-refractivity contribution is 6.10. The molecule has 9 aromatic carbocycles. The van der Waals surface area contributed by atoms with Gasteiger partial charge in [0.2, 0.25) is 0 Å². The molecule has 1 aromatic heterocycles. The van der Waals surface area contributed by atoms with Gasteiger partial charge in [0.05, 0.1) is 16.7 Å². The van der Waals surface area contributed by atoms with E-state index in [2.05, 4.69) is 167 Å². The van der Waals surface area contributed by atoms with Gasteiger partial charge >= 0.3 is 0 Å². The number of halogens is 2. The zero-order valence-corrected chi connectivity index (χ0v) is 30.3. The van der Waals surface area contributed by atoms with E-state index < -0.39 is 0 Å². The minimum Gasteiger partial charge on any atom is -0.310 e. The number of rotatable bonds is 7. The summed E-state index contributed by atoms with van der Waals surface area (Å²) < 4.78 is 30.8. The zero-order chi connectivity index (χ0) is 37.6. The lowest BCUT2D eigenvalue weighted by atomic mass is 9.96. The van der Waals surface area contributed by atoms with Gasteiger partial charge in [0.25, 0.3) is 0 Å². The van der Waals surface area contributed by atoms with Crippen molar-refractivity contribution in [2.45, 2.75) is 0 Å². The van der Waals surface area contributed by atoms with Crippen molar-refractivity contribution in [3.63, 3.8) is 0 Å². The van der Waals surface area contributed by atoms with E-state index >= 15 is 0 Å². The summed E-state index contributed by atoms with van der Waals surface area (Å²) in [6, 6.07) is 69.3. The minimum atomic E-state index is -0.349. The van der Waals surface area contributed by atoms with Gasteiger partial charge in [-0.2, -0.15) is 0 Å². The predicted molar refractivity (Wildman–Crippen MR) is 229 cm³/mol. The molecule has 56 heavy (non-hydrogen) atoms. The first-order valence-corrected chi connectivity index (χ1v) is 18.7. The maximum atomic E-state index is 14.4. The highest BCUT2D eigenvalue weighted by Crippen LogP contribution is 2.43. The van der Waals surface area contributed by atoms with Crippen LogP contribution in [0.5, 0.6) is 0 Å². The molecule has 0 fully saturated rings. The first-order valence-electron chi connectivity index (χ1n) is 18.7. The Hall–Kier alpha value is -7.30. The minimum absolute atomic E-state index is 0.349. The molecule has 2 nitrogen and oxygen atoms in total. The Morgan fingerprint density at radius 1 is 0.339 bits per heavy atom. The van der Waals surface area contributed by atoms with Crippen LogP contribution in [0.1, 0.15) is 0 Å². The standard InChI is InChI=1S/C52H34F2N2/c53-40-21-30-51-48(33-40)49-34-41(54)22-31-52(49)56(51)44-27-19-39(20-28-44)45-29-32-50(47-14-8-7-13-46(45)47)55(42-23-15-37(16-24-42)35-9-3-1-4-10-35)43-25-17-38(18-26-43)36-11-5-2-6-12-36/h1-34H. The molecule has 0 unspecified atom stereocenters. The predicted octanol–water partition coefficient (Wildman–Crippen LogP) is 14.7. The molecule has 0 amide bonds. The second kappa shape index (κ2) is 13.8. The van der Waals surface area contributed by atoms with Crippen LogP contribution in [0.15, 0.2) is 206 Å². The van der Waals surface area contributed by atoms with E-state index in [4.69, 9.17) is 0 Å². The number of nitrogens with zero attached hydrogens (tertiary/aromatic N) is 2. The average Bonchev–Trinajstić information content (AvgIpc) is 3.57. The van der Waals surface area contributed by atoms with Gasteiger partial charge in [-0.15, -0.1) is 0 Å². The fourth-order valence-corrected chi connectivity index (χ4v) is 8.06.